The van der Waals surface area contributed by atoms with Gasteiger partial charge in [0, 0.05) is 23.6 Å². The van der Waals surface area contributed by atoms with Crippen LogP contribution >= 0.6 is 22.9 Å². The van der Waals surface area contributed by atoms with Gasteiger partial charge in [-0.05, 0) is 26.2 Å². The van der Waals surface area contributed by atoms with Crippen LogP contribution in [0.4, 0.5) is 0 Å². The first-order valence-corrected chi connectivity index (χ1v) is 7.30. The molecule has 0 atom stereocenters. The molecule has 2 aromatic rings. The molecule has 106 valence electrons. The van der Waals surface area contributed by atoms with E-state index in [1.165, 1.54) is 11.3 Å². The largest absolute Gasteiger partial charge is 0.477 e. The van der Waals surface area contributed by atoms with Gasteiger partial charge in [0.25, 0.3) is 0 Å². The molecule has 0 unspecified atom stereocenters. The van der Waals surface area contributed by atoms with Gasteiger partial charge in [-0.2, -0.15) is 0 Å². The van der Waals surface area contributed by atoms with Crippen molar-refractivity contribution in [2.75, 3.05) is 20.6 Å². The van der Waals surface area contributed by atoms with Gasteiger partial charge >= 0.3 is 5.97 Å². The molecule has 1 N–H and O–H groups in total. The Bertz CT molecular complexity index is 625. The van der Waals surface area contributed by atoms with Crippen LogP contribution in [0.3, 0.4) is 0 Å². The molecule has 0 spiro atoms. The third kappa shape index (κ3) is 3.56. The number of thiazole rings is 1. The van der Waals surface area contributed by atoms with Gasteiger partial charge in [0.05, 0.1) is 10.7 Å². The zero-order valence-electron chi connectivity index (χ0n) is 11.3. The van der Waals surface area contributed by atoms with Crippen LogP contribution in [0.2, 0.25) is 5.02 Å². The third-order valence-corrected chi connectivity index (χ3v) is 4.07. The monoisotopic (exact) mass is 310 g/mol. The number of likely N-dealkylation sites (N-methyl/N-ethyl adjacent to an activating group) is 1. The minimum absolute atomic E-state index is 0.265. The van der Waals surface area contributed by atoms with E-state index in [-0.39, 0.29) is 4.88 Å². The smallest absolute Gasteiger partial charge is 0.348 e. The highest BCUT2D eigenvalue weighted by molar-refractivity contribution is 7.14. The topological polar surface area (TPSA) is 53.4 Å². The minimum Gasteiger partial charge on any atom is -0.477 e. The summed E-state index contributed by atoms with van der Waals surface area (Å²) in [5, 5.41) is 10.7. The van der Waals surface area contributed by atoms with Crippen molar-refractivity contribution in [3.05, 3.63) is 39.2 Å². The average molecular weight is 311 g/mol. The summed E-state index contributed by atoms with van der Waals surface area (Å²) in [5.41, 5.74) is 1.24. The maximum atomic E-state index is 11.4. The third-order valence-electron chi connectivity index (χ3n) is 2.74. The molecule has 6 heteroatoms. The molecule has 1 aromatic carbocycles. The highest BCUT2D eigenvalue weighted by atomic mass is 35.5. The van der Waals surface area contributed by atoms with Crippen LogP contribution in [-0.2, 0) is 6.42 Å². The fourth-order valence-electron chi connectivity index (χ4n) is 1.77. The zero-order chi connectivity index (χ0) is 14.7. The number of hydrogen-bond donors (Lipinski definition) is 1. The number of nitrogens with zero attached hydrogens (tertiary/aromatic N) is 2. The molecule has 0 saturated heterocycles. The van der Waals surface area contributed by atoms with Gasteiger partial charge in [-0.25, -0.2) is 9.78 Å². The Kier molecular flexibility index (Phi) is 4.75. The van der Waals surface area contributed by atoms with Gasteiger partial charge in [0.1, 0.15) is 4.88 Å². The van der Waals surface area contributed by atoms with Gasteiger partial charge in [0.15, 0.2) is 0 Å². The van der Waals surface area contributed by atoms with Crippen LogP contribution in [0.15, 0.2) is 24.3 Å². The Morgan fingerprint density at radius 2 is 2.20 bits per heavy atom. The summed E-state index contributed by atoms with van der Waals surface area (Å²) < 4.78 is 0. The van der Waals surface area contributed by atoms with Gasteiger partial charge in [0.2, 0.25) is 0 Å². The van der Waals surface area contributed by atoms with Crippen LogP contribution in [0.1, 0.15) is 14.7 Å². The number of aromatic carboxylic acids is 1. The summed E-state index contributed by atoms with van der Waals surface area (Å²) in [6.07, 6.45) is 0.735. The van der Waals surface area contributed by atoms with E-state index in [2.05, 4.69) is 4.98 Å². The lowest BCUT2D eigenvalue weighted by molar-refractivity contribution is 0.0702. The van der Waals surface area contributed by atoms with Gasteiger partial charge in [-0.3, -0.25) is 0 Å². The summed E-state index contributed by atoms with van der Waals surface area (Å²) >= 11 is 7.19. The van der Waals surface area contributed by atoms with Crippen LogP contribution in [0.25, 0.3) is 11.3 Å². The molecule has 4 nitrogen and oxygen atoms in total. The van der Waals surface area contributed by atoms with Crippen molar-refractivity contribution in [2.24, 2.45) is 0 Å². The number of hydrogen-bond acceptors (Lipinski definition) is 4. The fourth-order valence-corrected chi connectivity index (χ4v) is 2.87. The molecule has 0 fully saturated rings. The highest BCUT2D eigenvalue weighted by Gasteiger charge is 2.18. The standard InChI is InChI=1S/C14H15ClN2O2S/c1-17(2)7-6-11-16-12(13(20-11)14(18)19)9-4-3-5-10(15)8-9/h3-5,8H,6-7H2,1-2H3,(H,18,19). The summed E-state index contributed by atoms with van der Waals surface area (Å²) in [7, 11) is 3.95. The lowest BCUT2D eigenvalue weighted by Crippen LogP contribution is -2.14. The Morgan fingerprint density at radius 3 is 2.80 bits per heavy atom. The summed E-state index contributed by atoms with van der Waals surface area (Å²) in [5.74, 6) is -0.950. The van der Waals surface area contributed by atoms with Crippen molar-refractivity contribution in [3.63, 3.8) is 0 Å². The first kappa shape index (κ1) is 15.0. The van der Waals surface area contributed by atoms with E-state index in [1.807, 2.05) is 25.1 Å². The molecular formula is C14H15ClN2O2S. The van der Waals surface area contributed by atoms with Crippen molar-refractivity contribution < 1.29 is 9.90 Å². The molecule has 1 aromatic heterocycles. The normalized spacial score (nSPS) is 11.0. The van der Waals surface area contributed by atoms with E-state index < -0.39 is 5.97 Å². The Morgan fingerprint density at radius 1 is 1.45 bits per heavy atom. The predicted octanol–water partition coefficient (Wildman–Crippen LogP) is 3.27. The van der Waals surface area contributed by atoms with E-state index in [0.717, 1.165) is 23.5 Å². The zero-order valence-corrected chi connectivity index (χ0v) is 12.8. The second-order valence-electron chi connectivity index (χ2n) is 4.65. The highest BCUT2D eigenvalue weighted by Crippen LogP contribution is 2.30. The maximum Gasteiger partial charge on any atom is 0.348 e. The van der Waals surface area contributed by atoms with Gasteiger partial charge in [-0.15, -0.1) is 11.3 Å². The molecular weight excluding hydrogens is 296 g/mol. The maximum absolute atomic E-state index is 11.4. The molecule has 0 aliphatic heterocycles. The van der Waals surface area contributed by atoms with Crippen LogP contribution in [0, 0.1) is 0 Å². The SMILES string of the molecule is CN(C)CCc1nc(-c2cccc(Cl)c2)c(C(=O)O)s1. The summed E-state index contributed by atoms with van der Waals surface area (Å²) in [6.45, 7) is 0.835. The summed E-state index contributed by atoms with van der Waals surface area (Å²) in [4.78, 5) is 18.1. The first-order valence-electron chi connectivity index (χ1n) is 6.11. The number of rotatable bonds is 5. The molecule has 0 amide bonds. The molecule has 0 saturated carbocycles. The van der Waals surface area contributed by atoms with E-state index in [0.29, 0.717) is 10.7 Å². The number of aromatic nitrogens is 1. The van der Waals surface area contributed by atoms with Crippen LogP contribution in [-0.4, -0.2) is 41.6 Å². The van der Waals surface area contributed by atoms with E-state index in [9.17, 15) is 9.90 Å². The Labute approximate surface area is 126 Å². The van der Waals surface area contributed by atoms with E-state index in [1.54, 1.807) is 18.2 Å². The fraction of sp³-hybridized carbons (Fsp3) is 0.286. The Balaban J connectivity index is 2.38. The number of halogens is 1. The van der Waals surface area contributed by atoms with Crippen molar-refractivity contribution in [2.45, 2.75) is 6.42 Å². The van der Waals surface area contributed by atoms with Crippen molar-refractivity contribution in [3.8, 4) is 11.3 Å². The van der Waals surface area contributed by atoms with Gasteiger partial charge < -0.3 is 10.0 Å². The van der Waals surface area contributed by atoms with Crippen LogP contribution < -0.4 is 0 Å². The molecule has 0 bridgehead atoms. The molecule has 1 heterocycles. The van der Waals surface area contributed by atoms with Crippen molar-refractivity contribution in [1.29, 1.82) is 0 Å². The molecule has 0 radical (unpaired) electrons. The van der Waals surface area contributed by atoms with Crippen molar-refractivity contribution >= 4 is 28.9 Å². The second-order valence-corrected chi connectivity index (χ2v) is 6.17. The van der Waals surface area contributed by atoms with E-state index in [4.69, 9.17) is 11.6 Å². The number of carbonyl (C=O) groups is 1. The second kappa shape index (κ2) is 6.35. The van der Waals surface area contributed by atoms with Crippen LogP contribution in [0.5, 0.6) is 0 Å². The number of carboxylic acids is 1. The lowest BCUT2D eigenvalue weighted by Gasteiger charge is -2.06. The minimum atomic E-state index is -0.950. The number of benzene rings is 1. The van der Waals surface area contributed by atoms with E-state index >= 15 is 0 Å². The number of carboxylic acid groups (broad SMARTS) is 1. The van der Waals surface area contributed by atoms with Crippen molar-refractivity contribution in [1.82, 2.24) is 9.88 Å². The van der Waals surface area contributed by atoms with Gasteiger partial charge in [-0.1, -0.05) is 23.7 Å². The average Bonchev–Trinajstić information content (AvgIpc) is 2.80. The molecule has 0 aliphatic rings. The predicted molar refractivity (Wildman–Crippen MR) is 81.8 cm³/mol. The molecule has 0 aliphatic carbocycles. The summed E-state index contributed by atoms with van der Waals surface area (Å²) in [6, 6.07) is 7.11. The molecule has 20 heavy (non-hydrogen) atoms. The first-order chi connectivity index (χ1) is 9.47. The molecule has 2 rings (SSSR count). The Hall–Kier alpha value is -1.43. The quantitative estimate of drug-likeness (QED) is 0.921. The lowest BCUT2D eigenvalue weighted by atomic mass is 10.1.